The first-order valence-electron chi connectivity index (χ1n) is 9.42. The molecule has 32 heavy (non-hydrogen) atoms. The van der Waals surface area contributed by atoms with Crippen LogP contribution in [0.3, 0.4) is 0 Å². The lowest BCUT2D eigenvalue weighted by Crippen LogP contribution is -2.36. The van der Waals surface area contributed by atoms with Crippen LogP contribution in [0, 0.1) is 6.92 Å². The molecular weight excluding hydrogens is 436 g/mol. The van der Waals surface area contributed by atoms with Crippen LogP contribution < -0.4 is 14.8 Å². The molecule has 0 saturated carbocycles. The number of methoxy groups -OCH3 is 1. The topological polar surface area (TPSA) is 122 Å². The molecule has 2 aromatic carbocycles. The summed E-state index contributed by atoms with van der Waals surface area (Å²) in [6.45, 7) is 0.908. The van der Waals surface area contributed by atoms with Crippen LogP contribution in [-0.4, -0.2) is 53.3 Å². The van der Waals surface area contributed by atoms with Crippen molar-refractivity contribution in [1.82, 2.24) is 4.90 Å². The number of hydrogen-bond acceptors (Lipinski definition) is 7. The van der Waals surface area contributed by atoms with Crippen LogP contribution in [0.1, 0.15) is 11.1 Å². The Hall–Kier alpha value is -3.79. The van der Waals surface area contributed by atoms with Gasteiger partial charge in [0.2, 0.25) is 5.91 Å². The van der Waals surface area contributed by atoms with Gasteiger partial charge in [0.25, 0.3) is 11.1 Å². The number of amides is 3. The van der Waals surface area contributed by atoms with Gasteiger partial charge in [0.05, 0.1) is 12.0 Å². The van der Waals surface area contributed by atoms with Crippen molar-refractivity contribution in [1.29, 1.82) is 0 Å². The Bertz CT molecular complexity index is 1110. The van der Waals surface area contributed by atoms with Crippen LogP contribution in [-0.2, 0) is 14.4 Å². The molecule has 3 rings (SSSR count). The molecule has 1 heterocycles. The zero-order valence-electron chi connectivity index (χ0n) is 17.3. The molecule has 3 amide bonds. The molecule has 0 unspecified atom stereocenters. The molecule has 0 atom stereocenters. The second-order valence-electron chi connectivity index (χ2n) is 6.72. The summed E-state index contributed by atoms with van der Waals surface area (Å²) >= 11 is 0.729. The number of ether oxygens (including phenoxy) is 2. The van der Waals surface area contributed by atoms with Crippen molar-refractivity contribution in [2.45, 2.75) is 6.92 Å². The molecule has 2 N–H and O–H groups in total. The van der Waals surface area contributed by atoms with Gasteiger partial charge in [-0.1, -0.05) is 24.3 Å². The summed E-state index contributed by atoms with van der Waals surface area (Å²) in [7, 11) is 1.40. The van der Waals surface area contributed by atoms with Gasteiger partial charge in [-0.2, -0.15) is 0 Å². The summed E-state index contributed by atoms with van der Waals surface area (Å²) in [5, 5.41) is 10.9. The molecule has 1 fully saturated rings. The number of carbonyl (C=O) groups is 4. The molecule has 0 bridgehead atoms. The molecule has 0 radical (unpaired) electrons. The lowest BCUT2D eigenvalue weighted by atomic mass is 10.2. The molecule has 2 aromatic rings. The summed E-state index contributed by atoms with van der Waals surface area (Å²) in [5.74, 6) is -1.68. The summed E-state index contributed by atoms with van der Waals surface area (Å²) < 4.78 is 10.3. The Morgan fingerprint density at radius 1 is 1.16 bits per heavy atom. The zero-order valence-corrected chi connectivity index (χ0v) is 18.1. The Labute approximate surface area is 188 Å². The molecule has 10 heteroatoms. The third-order valence-corrected chi connectivity index (χ3v) is 5.34. The van der Waals surface area contributed by atoms with Crippen LogP contribution >= 0.6 is 11.8 Å². The van der Waals surface area contributed by atoms with Gasteiger partial charge in [0, 0.05) is 5.69 Å². The molecule has 0 aromatic heterocycles. The predicted molar refractivity (Wildman–Crippen MR) is 119 cm³/mol. The first kappa shape index (κ1) is 22.9. The van der Waals surface area contributed by atoms with Gasteiger partial charge >= 0.3 is 5.97 Å². The normalized spacial score (nSPS) is 14.6. The van der Waals surface area contributed by atoms with E-state index in [0.717, 1.165) is 22.2 Å². The molecule has 1 aliphatic rings. The monoisotopic (exact) mass is 456 g/mol. The maximum absolute atomic E-state index is 12.7. The van der Waals surface area contributed by atoms with Gasteiger partial charge < -0.3 is 19.9 Å². The molecule has 166 valence electrons. The highest BCUT2D eigenvalue weighted by molar-refractivity contribution is 8.18. The van der Waals surface area contributed by atoms with Gasteiger partial charge in [-0.25, -0.2) is 4.79 Å². The second-order valence-corrected chi connectivity index (χ2v) is 7.72. The molecule has 9 nitrogen and oxygen atoms in total. The van der Waals surface area contributed by atoms with E-state index in [1.807, 2.05) is 19.1 Å². The highest BCUT2D eigenvalue weighted by atomic mass is 32.2. The molecule has 1 saturated heterocycles. The molecule has 0 aliphatic carbocycles. The van der Waals surface area contributed by atoms with E-state index in [-0.39, 0.29) is 16.4 Å². The molecular formula is C22H20N2O7S. The molecule has 1 aliphatic heterocycles. The average Bonchev–Trinajstić information content (AvgIpc) is 3.01. The van der Waals surface area contributed by atoms with E-state index in [4.69, 9.17) is 14.6 Å². The van der Waals surface area contributed by atoms with E-state index in [9.17, 15) is 19.2 Å². The van der Waals surface area contributed by atoms with Crippen molar-refractivity contribution < 1.29 is 33.8 Å². The van der Waals surface area contributed by atoms with Crippen molar-refractivity contribution in [2.24, 2.45) is 0 Å². The zero-order chi connectivity index (χ0) is 23.3. The van der Waals surface area contributed by atoms with E-state index >= 15 is 0 Å². The Balaban J connectivity index is 1.71. The fourth-order valence-electron chi connectivity index (χ4n) is 2.87. The Kier molecular flexibility index (Phi) is 7.16. The van der Waals surface area contributed by atoms with Gasteiger partial charge in [0.15, 0.2) is 18.1 Å². The number of thioether (sulfide) groups is 1. The summed E-state index contributed by atoms with van der Waals surface area (Å²) in [6, 6.07) is 11.8. The van der Waals surface area contributed by atoms with Gasteiger partial charge in [-0.3, -0.25) is 19.3 Å². The maximum Gasteiger partial charge on any atom is 0.341 e. The number of aryl methyl sites for hydroxylation is 1. The van der Waals surface area contributed by atoms with Crippen LogP contribution in [0.2, 0.25) is 0 Å². The number of rotatable bonds is 8. The standard InChI is InChI=1S/C22H20N2O7S/c1-13-5-3-4-6-15(13)23-19(25)11-24-21(28)18(32-22(24)29)10-14-7-8-16(17(9-14)30-2)31-12-20(26)27/h3-10H,11-12H2,1-2H3,(H,23,25)(H,26,27)/b18-10+. The number of anilines is 1. The SMILES string of the molecule is COc1cc(/C=C2/SC(=O)N(CC(=O)Nc3ccccc3C)C2=O)ccc1OCC(=O)O. The number of nitrogens with one attached hydrogen (secondary N) is 1. The smallest absolute Gasteiger partial charge is 0.341 e. The Morgan fingerprint density at radius 2 is 1.91 bits per heavy atom. The third-order valence-electron chi connectivity index (χ3n) is 4.43. The number of imide groups is 1. The van der Waals surface area contributed by atoms with Crippen LogP contribution in [0.15, 0.2) is 47.4 Å². The first-order chi connectivity index (χ1) is 15.3. The minimum atomic E-state index is -1.13. The second kappa shape index (κ2) is 10.0. The summed E-state index contributed by atoms with van der Waals surface area (Å²) in [4.78, 5) is 49.1. The quantitative estimate of drug-likeness (QED) is 0.581. The van der Waals surface area contributed by atoms with E-state index < -0.39 is 36.2 Å². The summed E-state index contributed by atoms with van der Waals surface area (Å²) in [6.07, 6.45) is 1.49. The maximum atomic E-state index is 12.7. The van der Waals surface area contributed by atoms with Crippen molar-refractivity contribution in [3.63, 3.8) is 0 Å². The number of carboxylic acid groups (broad SMARTS) is 1. The largest absolute Gasteiger partial charge is 0.493 e. The third kappa shape index (κ3) is 5.46. The number of nitrogens with zero attached hydrogens (tertiary/aromatic N) is 1. The van der Waals surface area contributed by atoms with Gasteiger partial charge in [-0.15, -0.1) is 0 Å². The number of para-hydroxylation sites is 1. The summed E-state index contributed by atoms with van der Waals surface area (Å²) in [5.41, 5.74) is 2.01. The fraction of sp³-hybridized carbons (Fsp3) is 0.182. The van der Waals surface area contributed by atoms with Gasteiger partial charge in [-0.05, 0) is 54.1 Å². The number of benzene rings is 2. The van der Waals surface area contributed by atoms with Gasteiger partial charge in [0.1, 0.15) is 6.54 Å². The molecule has 0 spiro atoms. The van der Waals surface area contributed by atoms with E-state index in [1.165, 1.54) is 19.3 Å². The predicted octanol–water partition coefficient (Wildman–Crippen LogP) is 3.14. The van der Waals surface area contributed by atoms with Crippen molar-refractivity contribution >= 4 is 46.5 Å². The number of carboxylic acids is 1. The highest BCUT2D eigenvalue weighted by Crippen LogP contribution is 2.34. The highest BCUT2D eigenvalue weighted by Gasteiger charge is 2.36. The van der Waals surface area contributed by atoms with Crippen LogP contribution in [0.4, 0.5) is 10.5 Å². The Morgan fingerprint density at radius 3 is 2.59 bits per heavy atom. The number of carbonyl (C=O) groups excluding carboxylic acids is 3. The van der Waals surface area contributed by atoms with E-state index in [0.29, 0.717) is 11.3 Å². The first-order valence-corrected chi connectivity index (χ1v) is 10.2. The van der Waals surface area contributed by atoms with Crippen molar-refractivity contribution in [3.8, 4) is 11.5 Å². The fourth-order valence-corrected chi connectivity index (χ4v) is 3.71. The lowest BCUT2D eigenvalue weighted by molar-refractivity contribution is -0.139. The van der Waals surface area contributed by atoms with Crippen molar-refractivity contribution in [2.75, 3.05) is 25.6 Å². The number of hydrogen-bond donors (Lipinski definition) is 2. The minimum absolute atomic E-state index is 0.153. The average molecular weight is 456 g/mol. The minimum Gasteiger partial charge on any atom is -0.493 e. The van der Waals surface area contributed by atoms with Crippen LogP contribution in [0.25, 0.3) is 6.08 Å². The number of aliphatic carboxylic acids is 1. The lowest BCUT2D eigenvalue weighted by Gasteiger charge is -2.13. The van der Waals surface area contributed by atoms with E-state index in [2.05, 4.69) is 5.32 Å². The van der Waals surface area contributed by atoms with Crippen LogP contribution in [0.5, 0.6) is 11.5 Å². The van der Waals surface area contributed by atoms with E-state index in [1.54, 1.807) is 24.3 Å². The van der Waals surface area contributed by atoms with Crippen molar-refractivity contribution in [3.05, 3.63) is 58.5 Å².